The van der Waals surface area contributed by atoms with Crippen molar-refractivity contribution in [3.63, 3.8) is 0 Å². The van der Waals surface area contributed by atoms with E-state index in [9.17, 15) is 0 Å². The molecule has 0 aliphatic heterocycles. The number of imidazole rings is 1. The highest BCUT2D eigenvalue weighted by Crippen LogP contribution is 2.32. The lowest BCUT2D eigenvalue weighted by atomic mass is 9.99. The molecule has 0 saturated carbocycles. The van der Waals surface area contributed by atoms with E-state index >= 15 is 0 Å². The van der Waals surface area contributed by atoms with E-state index in [0.29, 0.717) is 0 Å². The maximum atomic E-state index is 6.44. The highest BCUT2D eigenvalue weighted by molar-refractivity contribution is 7.12. The van der Waals surface area contributed by atoms with E-state index in [0.717, 1.165) is 19.3 Å². The molecule has 3 nitrogen and oxygen atoms in total. The molecule has 2 aromatic rings. The van der Waals surface area contributed by atoms with Crippen LogP contribution in [-0.4, -0.2) is 15.6 Å². The zero-order valence-electron chi connectivity index (χ0n) is 12.3. The summed E-state index contributed by atoms with van der Waals surface area (Å²) in [6, 6.07) is 4.81. The second kappa shape index (κ2) is 5.70. The Labute approximate surface area is 124 Å². The molecule has 108 valence electrons. The Kier molecular flexibility index (Phi) is 3.94. The number of nitrogens with two attached hydrogens (primary N) is 1. The molecular weight excluding hydrogens is 266 g/mol. The van der Waals surface area contributed by atoms with Crippen LogP contribution in [0, 0.1) is 6.92 Å². The van der Waals surface area contributed by atoms with Crippen molar-refractivity contribution in [2.45, 2.75) is 58.0 Å². The Bertz CT molecular complexity index is 584. The molecule has 2 N–H and O–H groups in total. The average molecular weight is 289 g/mol. The minimum absolute atomic E-state index is 0.147. The summed E-state index contributed by atoms with van der Waals surface area (Å²) in [5, 5.41) is 0. The number of hydrogen-bond acceptors (Lipinski definition) is 3. The fraction of sp³-hybridized carbons (Fsp3) is 0.562. The lowest BCUT2D eigenvalue weighted by molar-refractivity contribution is 0.447. The first kappa shape index (κ1) is 13.8. The summed E-state index contributed by atoms with van der Waals surface area (Å²) in [5.74, 6) is 0. The van der Waals surface area contributed by atoms with Gasteiger partial charge in [0.25, 0.3) is 0 Å². The van der Waals surface area contributed by atoms with Crippen molar-refractivity contribution < 1.29 is 0 Å². The lowest BCUT2D eigenvalue weighted by Crippen LogP contribution is -2.32. The molecule has 0 radical (unpaired) electrons. The zero-order valence-corrected chi connectivity index (χ0v) is 13.1. The molecule has 0 bridgehead atoms. The number of fused-ring (bicyclic) bond motifs is 1. The molecule has 2 aromatic heterocycles. The van der Waals surface area contributed by atoms with Crippen molar-refractivity contribution in [3.05, 3.63) is 39.6 Å². The fourth-order valence-corrected chi connectivity index (χ4v) is 4.18. The van der Waals surface area contributed by atoms with E-state index in [1.165, 1.54) is 34.0 Å². The highest BCUT2D eigenvalue weighted by Gasteiger charge is 2.26. The van der Waals surface area contributed by atoms with Crippen molar-refractivity contribution in [1.29, 1.82) is 0 Å². The van der Waals surface area contributed by atoms with Gasteiger partial charge in [0.05, 0.1) is 18.1 Å². The molecule has 0 fully saturated rings. The third kappa shape index (κ3) is 2.42. The molecule has 20 heavy (non-hydrogen) atoms. The summed E-state index contributed by atoms with van der Waals surface area (Å²) in [6.07, 6.45) is 7.81. The van der Waals surface area contributed by atoms with E-state index < -0.39 is 0 Å². The molecule has 2 atom stereocenters. The van der Waals surface area contributed by atoms with Gasteiger partial charge < -0.3 is 10.3 Å². The van der Waals surface area contributed by atoms with Gasteiger partial charge >= 0.3 is 0 Å². The Morgan fingerprint density at radius 3 is 2.85 bits per heavy atom. The van der Waals surface area contributed by atoms with Gasteiger partial charge in [0.2, 0.25) is 0 Å². The largest absolute Gasteiger partial charge is 0.326 e. The van der Waals surface area contributed by atoms with E-state index in [1.54, 1.807) is 0 Å². The van der Waals surface area contributed by atoms with Crippen molar-refractivity contribution in [1.82, 2.24) is 9.55 Å². The predicted octanol–water partition coefficient (Wildman–Crippen LogP) is 3.46. The summed E-state index contributed by atoms with van der Waals surface area (Å²) >= 11 is 1.86. The van der Waals surface area contributed by atoms with Crippen LogP contribution >= 0.6 is 11.3 Å². The first-order valence-electron chi connectivity index (χ1n) is 7.57. The van der Waals surface area contributed by atoms with Gasteiger partial charge in [-0.1, -0.05) is 6.92 Å². The smallest absolute Gasteiger partial charge is 0.0958 e. The molecule has 4 heteroatoms. The van der Waals surface area contributed by atoms with Crippen LogP contribution in [0.4, 0.5) is 0 Å². The van der Waals surface area contributed by atoms with Gasteiger partial charge in [0, 0.05) is 21.5 Å². The Balaban J connectivity index is 2.03. The molecule has 0 amide bonds. The first-order valence-corrected chi connectivity index (χ1v) is 8.39. The van der Waals surface area contributed by atoms with Gasteiger partial charge in [0.1, 0.15) is 0 Å². The van der Waals surface area contributed by atoms with Crippen LogP contribution in [0.5, 0.6) is 0 Å². The first-order chi connectivity index (χ1) is 9.70. The fourth-order valence-electron chi connectivity index (χ4n) is 3.12. The average Bonchev–Trinajstić information content (AvgIpc) is 3.07. The van der Waals surface area contributed by atoms with Gasteiger partial charge in [-0.25, -0.2) is 4.98 Å². The summed E-state index contributed by atoms with van der Waals surface area (Å²) in [5.41, 5.74) is 9.14. The van der Waals surface area contributed by atoms with E-state index in [-0.39, 0.29) is 12.1 Å². The van der Waals surface area contributed by atoms with Gasteiger partial charge in [-0.05, 0) is 51.2 Å². The topological polar surface area (TPSA) is 43.8 Å². The third-order valence-corrected chi connectivity index (χ3v) is 5.36. The SMILES string of the molecule is CCC(N)C(c1ccc(C)s1)n1cnc2c1CCCC2. The van der Waals surface area contributed by atoms with Crippen LogP contribution in [0.3, 0.4) is 0 Å². The van der Waals surface area contributed by atoms with Crippen LogP contribution in [-0.2, 0) is 12.8 Å². The molecule has 0 saturated heterocycles. The van der Waals surface area contributed by atoms with Crippen LogP contribution in [0.1, 0.15) is 53.4 Å². The van der Waals surface area contributed by atoms with Crippen LogP contribution in [0.15, 0.2) is 18.5 Å². The molecule has 0 aromatic carbocycles. The maximum absolute atomic E-state index is 6.44. The number of nitrogens with zero attached hydrogens (tertiary/aromatic N) is 2. The van der Waals surface area contributed by atoms with Crippen molar-refractivity contribution in [3.8, 4) is 0 Å². The van der Waals surface area contributed by atoms with Crippen molar-refractivity contribution >= 4 is 11.3 Å². The molecule has 3 rings (SSSR count). The van der Waals surface area contributed by atoms with E-state index in [2.05, 4.69) is 35.5 Å². The van der Waals surface area contributed by atoms with E-state index in [4.69, 9.17) is 5.73 Å². The number of aromatic nitrogens is 2. The second-order valence-electron chi connectivity index (χ2n) is 5.72. The standard InChI is InChI=1S/C16H23N3S/c1-3-12(17)16(15-9-8-11(2)20-15)19-10-18-13-6-4-5-7-14(13)19/h8-10,12,16H,3-7,17H2,1-2H3. The summed E-state index contributed by atoms with van der Waals surface area (Å²) in [6.45, 7) is 4.33. The highest BCUT2D eigenvalue weighted by atomic mass is 32.1. The Morgan fingerprint density at radius 1 is 1.35 bits per heavy atom. The van der Waals surface area contributed by atoms with Gasteiger partial charge in [0.15, 0.2) is 0 Å². The number of thiophene rings is 1. The summed E-state index contributed by atoms with van der Waals surface area (Å²) in [4.78, 5) is 7.35. The number of rotatable bonds is 4. The molecule has 2 unspecified atom stereocenters. The van der Waals surface area contributed by atoms with Gasteiger partial charge in [-0.15, -0.1) is 11.3 Å². The number of aryl methyl sites for hydroxylation is 2. The number of hydrogen-bond donors (Lipinski definition) is 1. The van der Waals surface area contributed by atoms with Crippen LogP contribution < -0.4 is 5.73 Å². The Hall–Kier alpha value is -1.13. The molecule has 0 spiro atoms. The van der Waals surface area contributed by atoms with Gasteiger partial charge in [-0.3, -0.25) is 0 Å². The zero-order chi connectivity index (χ0) is 14.1. The molecule has 1 aliphatic rings. The predicted molar refractivity (Wildman–Crippen MR) is 84.3 cm³/mol. The minimum Gasteiger partial charge on any atom is -0.326 e. The van der Waals surface area contributed by atoms with E-state index in [1.807, 2.05) is 17.7 Å². The minimum atomic E-state index is 0.147. The lowest BCUT2D eigenvalue weighted by Gasteiger charge is -2.26. The maximum Gasteiger partial charge on any atom is 0.0958 e. The van der Waals surface area contributed by atoms with Gasteiger partial charge in [-0.2, -0.15) is 0 Å². The molecule has 2 heterocycles. The monoisotopic (exact) mass is 289 g/mol. The third-order valence-electron chi connectivity index (χ3n) is 4.29. The molecule has 1 aliphatic carbocycles. The summed E-state index contributed by atoms with van der Waals surface area (Å²) in [7, 11) is 0. The normalized spacial score (nSPS) is 17.8. The van der Waals surface area contributed by atoms with Crippen LogP contribution in [0.25, 0.3) is 0 Å². The van der Waals surface area contributed by atoms with Crippen molar-refractivity contribution in [2.75, 3.05) is 0 Å². The summed E-state index contributed by atoms with van der Waals surface area (Å²) < 4.78 is 2.36. The quantitative estimate of drug-likeness (QED) is 0.936. The Morgan fingerprint density at radius 2 is 2.15 bits per heavy atom. The van der Waals surface area contributed by atoms with Crippen LogP contribution in [0.2, 0.25) is 0 Å². The molecular formula is C16H23N3S. The second-order valence-corrected chi connectivity index (χ2v) is 7.04. The van der Waals surface area contributed by atoms with Crippen molar-refractivity contribution in [2.24, 2.45) is 5.73 Å².